The second-order valence-electron chi connectivity index (χ2n) is 4.53. The molecule has 0 bridgehead atoms. The van der Waals surface area contributed by atoms with Gasteiger partial charge in [0.25, 0.3) is 0 Å². The predicted molar refractivity (Wildman–Crippen MR) is 69.1 cm³/mol. The van der Waals surface area contributed by atoms with Gasteiger partial charge in [-0.2, -0.15) is 0 Å². The van der Waals surface area contributed by atoms with Gasteiger partial charge in [0.05, 0.1) is 13.3 Å². The monoisotopic (exact) mass is 257 g/mol. The second-order valence-corrected chi connectivity index (χ2v) is 4.53. The maximum absolute atomic E-state index is 13.1. The highest BCUT2D eigenvalue weighted by Gasteiger charge is 2.07. The van der Waals surface area contributed by atoms with Crippen molar-refractivity contribution in [2.45, 2.75) is 38.6 Å². The molecule has 2 nitrogen and oxygen atoms in total. The van der Waals surface area contributed by atoms with E-state index in [1.165, 1.54) is 12.1 Å². The summed E-state index contributed by atoms with van der Waals surface area (Å²) in [5.74, 6) is 0.393. The number of rotatable bonds is 8. The number of benzene rings is 1. The fraction of sp³-hybridized carbons (Fsp3) is 0.571. The van der Waals surface area contributed by atoms with Gasteiger partial charge in [-0.25, -0.2) is 4.39 Å². The first-order chi connectivity index (χ1) is 8.63. The van der Waals surface area contributed by atoms with Crippen molar-refractivity contribution in [2.24, 2.45) is 5.73 Å². The van der Waals surface area contributed by atoms with E-state index >= 15 is 0 Å². The fourth-order valence-electron chi connectivity index (χ4n) is 1.75. The van der Waals surface area contributed by atoms with Crippen LogP contribution in [0, 0.1) is 5.82 Å². The van der Waals surface area contributed by atoms with Gasteiger partial charge in [-0.15, -0.1) is 0 Å². The Kier molecular flexibility index (Phi) is 6.65. The lowest BCUT2D eigenvalue weighted by molar-refractivity contribution is 0.297. The highest BCUT2D eigenvalue weighted by molar-refractivity contribution is 5.34. The van der Waals surface area contributed by atoms with Crippen molar-refractivity contribution in [3.05, 3.63) is 29.6 Å². The fourth-order valence-corrected chi connectivity index (χ4v) is 1.75. The van der Waals surface area contributed by atoms with Crippen LogP contribution in [0.15, 0.2) is 18.2 Å². The van der Waals surface area contributed by atoms with E-state index in [1.807, 2.05) is 6.92 Å². The number of hydrogen-bond donors (Lipinski definition) is 1. The molecule has 0 aliphatic rings. The van der Waals surface area contributed by atoms with E-state index in [2.05, 4.69) is 0 Å². The van der Waals surface area contributed by atoms with E-state index in [4.69, 9.17) is 10.5 Å². The van der Waals surface area contributed by atoms with Crippen molar-refractivity contribution >= 4 is 0 Å². The van der Waals surface area contributed by atoms with Crippen molar-refractivity contribution in [3.63, 3.8) is 0 Å². The first kappa shape index (κ1) is 14.9. The van der Waals surface area contributed by atoms with Gasteiger partial charge >= 0.3 is 0 Å². The maximum atomic E-state index is 13.1. The lowest BCUT2D eigenvalue weighted by atomic mass is 10.1. The molecule has 0 amide bonds. The molecule has 0 aliphatic carbocycles. The molecule has 1 unspecified atom stereocenters. The molecule has 1 aromatic carbocycles. The van der Waals surface area contributed by atoms with Crippen molar-refractivity contribution in [1.82, 2.24) is 0 Å². The van der Waals surface area contributed by atoms with E-state index in [-0.39, 0.29) is 18.5 Å². The van der Waals surface area contributed by atoms with Gasteiger partial charge in [0.1, 0.15) is 11.6 Å². The van der Waals surface area contributed by atoms with E-state index in [0.29, 0.717) is 25.2 Å². The van der Waals surface area contributed by atoms with Crippen LogP contribution >= 0.6 is 0 Å². The van der Waals surface area contributed by atoms with E-state index < -0.39 is 0 Å². The van der Waals surface area contributed by atoms with Crippen molar-refractivity contribution in [2.75, 3.05) is 13.3 Å². The van der Waals surface area contributed by atoms with Gasteiger partial charge in [0, 0.05) is 6.04 Å². The molecule has 0 aliphatic heterocycles. The van der Waals surface area contributed by atoms with Crippen LogP contribution < -0.4 is 10.5 Å². The molecular weight excluding hydrogens is 236 g/mol. The maximum Gasteiger partial charge on any atom is 0.123 e. The Balaban J connectivity index is 2.52. The third kappa shape index (κ3) is 5.45. The molecule has 0 fully saturated rings. The molecule has 0 spiro atoms. The quantitative estimate of drug-likeness (QED) is 0.726. The number of ether oxygens (including phenoxy) is 1. The van der Waals surface area contributed by atoms with Crippen molar-refractivity contribution < 1.29 is 13.5 Å². The van der Waals surface area contributed by atoms with Crippen LogP contribution in [0.25, 0.3) is 0 Å². The molecule has 1 atom stereocenters. The first-order valence-corrected chi connectivity index (χ1v) is 6.36. The Morgan fingerprint density at radius 1 is 1.28 bits per heavy atom. The Morgan fingerprint density at radius 2 is 2.06 bits per heavy atom. The van der Waals surface area contributed by atoms with Gasteiger partial charge in [0.2, 0.25) is 0 Å². The average molecular weight is 257 g/mol. The zero-order valence-electron chi connectivity index (χ0n) is 10.8. The molecule has 102 valence electrons. The summed E-state index contributed by atoms with van der Waals surface area (Å²) in [6.45, 7) is 2.11. The van der Waals surface area contributed by atoms with Crippen molar-refractivity contribution in [1.29, 1.82) is 0 Å². The summed E-state index contributed by atoms with van der Waals surface area (Å²) in [5.41, 5.74) is 6.51. The van der Waals surface area contributed by atoms with Gasteiger partial charge < -0.3 is 10.5 Å². The minimum Gasteiger partial charge on any atom is -0.493 e. The summed E-state index contributed by atoms with van der Waals surface area (Å²) < 4.78 is 30.6. The summed E-state index contributed by atoms with van der Waals surface area (Å²) in [5, 5.41) is 0. The van der Waals surface area contributed by atoms with Gasteiger partial charge in [-0.05, 0) is 56.4 Å². The molecule has 4 heteroatoms. The molecule has 0 heterocycles. The molecule has 18 heavy (non-hydrogen) atoms. The standard InChI is InChI=1S/C14H21F2NO/c1-11(17)9-12-10-13(16)5-6-14(12)18-8-4-2-3-7-15/h5-6,10-11H,2-4,7-9,17H2,1H3. The van der Waals surface area contributed by atoms with Gasteiger partial charge in [-0.1, -0.05) is 0 Å². The minimum atomic E-state index is -0.285. The highest BCUT2D eigenvalue weighted by Crippen LogP contribution is 2.21. The largest absolute Gasteiger partial charge is 0.493 e. The summed E-state index contributed by atoms with van der Waals surface area (Å²) in [6.07, 6.45) is 2.76. The average Bonchev–Trinajstić information content (AvgIpc) is 2.30. The Labute approximate surface area is 107 Å². The Bertz CT molecular complexity index is 356. The zero-order chi connectivity index (χ0) is 13.4. The number of halogens is 2. The summed E-state index contributed by atoms with van der Waals surface area (Å²) in [4.78, 5) is 0. The van der Waals surface area contributed by atoms with Crippen LogP contribution in [0.5, 0.6) is 5.75 Å². The Hall–Kier alpha value is -1.16. The van der Waals surface area contributed by atoms with Gasteiger partial charge in [-0.3, -0.25) is 4.39 Å². The second kappa shape index (κ2) is 8.03. The van der Waals surface area contributed by atoms with E-state index in [1.54, 1.807) is 6.07 Å². The Morgan fingerprint density at radius 3 is 2.72 bits per heavy atom. The van der Waals surface area contributed by atoms with Crippen LogP contribution in [-0.4, -0.2) is 19.3 Å². The number of hydrogen-bond acceptors (Lipinski definition) is 2. The van der Waals surface area contributed by atoms with Crippen LogP contribution in [0.4, 0.5) is 8.78 Å². The van der Waals surface area contributed by atoms with Crippen LogP contribution in [-0.2, 0) is 6.42 Å². The number of unbranched alkanes of at least 4 members (excludes halogenated alkanes) is 2. The highest BCUT2D eigenvalue weighted by atomic mass is 19.1. The third-order valence-corrected chi connectivity index (χ3v) is 2.60. The molecule has 1 aromatic rings. The summed E-state index contributed by atoms with van der Waals surface area (Å²) in [7, 11) is 0. The molecule has 1 rings (SSSR count). The van der Waals surface area contributed by atoms with Gasteiger partial charge in [0.15, 0.2) is 0 Å². The van der Waals surface area contributed by atoms with E-state index in [9.17, 15) is 8.78 Å². The molecular formula is C14H21F2NO. The zero-order valence-corrected chi connectivity index (χ0v) is 10.8. The number of alkyl halides is 1. The normalized spacial score (nSPS) is 12.4. The minimum absolute atomic E-state index is 0.0410. The lowest BCUT2D eigenvalue weighted by Crippen LogP contribution is -2.18. The summed E-state index contributed by atoms with van der Waals surface area (Å²) in [6, 6.07) is 4.42. The molecule has 0 saturated heterocycles. The van der Waals surface area contributed by atoms with Crippen LogP contribution in [0.2, 0.25) is 0 Å². The van der Waals surface area contributed by atoms with Crippen LogP contribution in [0.3, 0.4) is 0 Å². The van der Waals surface area contributed by atoms with Crippen molar-refractivity contribution in [3.8, 4) is 5.75 Å². The topological polar surface area (TPSA) is 35.2 Å². The summed E-state index contributed by atoms with van der Waals surface area (Å²) >= 11 is 0. The first-order valence-electron chi connectivity index (χ1n) is 6.36. The predicted octanol–water partition coefficient (Wildman–Crippen LogP) is 3.23. The SMILES string of the molecule is CC(N)Cc1cc(F)ccc1OCCCCCF. The molecule has 0 saturated carbocycles. The third-order valence-electron chi connectivity index (χ3n) is 2.60. The number of nitrogens with two attached hydrogens (primary N) is 1. The van der Waals surface area contributed by atoms with Crippen LogP contribution in [0.1, 0.15) is 31.7 Å². The lowest BCUT2D eigenvalue weighted by Gasteiger charge is -2.13. The molecule has 0 aromatic heterocycles. The van der Waals surface area contributed by atoms with E-state index in [0.717, 1.165) is 18.4 Å². The smallest absolute Gasteiger partial charge is 0.123 e. The molecule has 0 radical (unpaired) electrons. The molecule has 2 N–H and O–H groups in total.